The Kier molecular flexibility index (Phi) is 8.35. The summed E-state index contributed by atoms with van der Waals surface area (Å²) < 4.78 is 6.86. The van der Waals surface area contributed by atoms with Crippen LogP contribution in [0.25, 0.3) is 11.1 Å². The van der Waals surface area contributed by atoms with Crippen LogP contribution < -0.4 is 10.9 Å². The van der Waals surface area contributed by atoms with Crippen LogP contribution in [-0.2, 0) is 29.5 Å². The molecule has 1 aliphatic carbocycles. The first-order valence-corrected chi connectivity index (χ1v) is 13.7. The molecule has 1 aliphatic heterocycles. The van der Waals surface area contributed by atoms with Crippen LogP contribution in [0.2, 0.25) is 0 Å². The number of nitrogens with zero attached hydrogens (tertiary/aromatic N) is 3. The highest BCUT2D eigenvalue weighted by molar-refractivity contribution is 5.81. The summed E-state index contributed by atoms with van der Waals surface area (Å²) in [5, 5.41) is 3.44. The number of pyridine rings is 2. The maximum Gasteiger partial charge on any atom is 0.250 e. The Morgan fingerprint density at radius 1 is 1.13 bits per heavy atom. The second-order valence-corrected chi connectivity index (χ2v) is 10.7. The topological polar surface area (TPSA) is 76.5 Å². The molecule has 5 rings (SSSR count). The van der Waals surface area contributed by atoms with Gasteiger partial charge in [0.25, 0.3) is 5.56 Å². The third kappa shape index (κ3) is 6.22. The van der Waals surface area contributed by atoms with Gasteiger partial charge in [-0.15, -0.1) is 0 Å². The van der Waals surface area contributed by atoms with Crippen molar-refractivity contribution in [2.45, 2.75) is 50.6 Å². The summed E-state index contributed by atoms with van der Waals surface area (Å²) in [6.45, 7) is 2.80. The van der Waals surface area contributed by atoms with Crippen LogP contribution in [0.5, 0.6) is 0 Å². The maximum atomic E-state index is 14.1. The molecule has 7 nitrogen and oxygen atoms in total. The summed E-state index contributed by atoms with van der Waals surface area (Å²) in [5.74, 6) is 0.0578. The van der Waals surface area contributed by atoms with Gasteiger partial charge < -0.3 is 19.5 Å². The number of aryl methyl sites for hydroxylation is 2. The quantitative estimate of drug-likeness (QED) is 0.415. The fourth-order valence-electron chi connectivity index (χ4n) is 5.61. The van der Waals surface area contributed by atoms with E-state index in [-0.39, 0.29) is 29.3 Å². The number of rotatable bonds is 10. The predicted molar refractivity (Wildman–Crippen MR) is 149 cm³/mol. The Morgan fingerprint density at radius 3 is 2.71 bits per heavy atom. The highest BCUT2D eigenvalue weighted by Crippen LogP contribution is 2.36. The second-order valence-electron chi connectivity index (χ2n) is 10.7. The van der Waals surface area contributed by atoms with Crippen LogP contribution in [0.1, 0.15) is 48.3 Å². The van der Waals surface area contributed by atoms with E-state index in [0.29, 0.717) is 13.1 Å². The van der Waals surface area contributed by atoms with E-state index in [1.54, 1.807) is 31.0 Å². The van der Waals surface area contributed by atoms with E-state index in [4.69, 9.17) is 4.74 Å². The van der Waals surface area contributed by atoms with Crippen molar-refractivity contribution in [2.24, 2.45) is 13.0 Å². The van der Waals surface area contributed by atoms with Crippen molar-refractivity contribution in [1.82, 2.24) is 19.8 Å². The van der Waals surface area contributed by atoms with E-state index in [0.717, 1.165) is 67.5 Å². The Balaban J connectivity index is 1.42. The minimum absolute atomic E-state index is 0.0282. The number of nitrogens with one attached hydrogen (secondary N) is 1. The Labute approximate surface area is 224 Å². The van der Waals surface area contributed by atoms with Crippen LogP contribution in [-0.4, -0.2) is 53.2 Å². The molecule has 1 saturated carbocycles. The van der Waals surface area contributed by atoms with Crippen LogP contribution in [0.4, 0.5) is 0 Å². The lowest BCUT2D eigenvalue weighted by Gasteiger charge is -2.36. The molecule has 1 N–H and O–H groups in total. The SMILES string of the molecule is COCCCc1cc(CN(C(=O)[C@H]2CNCC[C@@H]2c2ccn(C)c(=O)c2)C2CC2)cc(-c2cccnc2)c1. The first kappa shape index (κ1) is 26.3. The fourth-order valence-corrected chi connectivity index (χ4v) is 5.61. The van der Waals surface area contributed by atoms with Crippen molar-refractivity contribution in [3.8, 4) is 11.1 Å². The number of carbonyl (C=O) groups excluding carboxylic acids is 1. The van der Waals surface area contributed by atoms with Gasteiger partial charge >= 0.3 is 0 Å². The van der Waals surface area contributed by atoms with E-state index in [2.05, 4.69) is 39.5 Å². The monoisotopic (exact) mass is 514 g/mol. The largest absolute Gasteiger partial charge is 0.385 e. The first-order chi connectivity index (χ1) is 18.5. The average Bonchev–Trinajstić information content (AvgIpc) is 3.79. The molecular formula is C31H38N4O3. The molecule has 3 heterocycles. The van der Waals surface area contributed by atoms with E-state index in [9.17, 15) is 9.59 Å². The minimum atomic E-state index is -0.181. The van der Waals surface area contributed by atoms with Crippen molar-refractivity contribution >= 4 is 5.91 Å². The zero-order chi connectivity index (χ0) is 26.5. The molecule has 1 amide bonds. The van der Waals surface area contributed by atoms with E-state index < -0.39 is 0 Å². The molecule has 0 spiro atoms. The summed E-state index contributed by atoms with van der Waals surface area (Å²) in [5.41, 5.74) is 5.55. The lowest BCUT2D eigenvalue weighted by molar-refractivity contribution is -0.138. The summed E-state index contributed by atoms with van der Waals surface area (Å²) >= 11 is 0. The van der Waals surface area contributed by atoms with Gasteiger partial charge in [0, 0.05) is 70.1 Å². The van der Waals surface area contributed by atoms with Crippen molar-refractivity contribution < 1.29 is 9.53 Å². The van der Waals surface area contributed by atoms with Gasteiger partial charge in [-0.1, -0.05) is 18.2 Å². The zero-order valence-electron chi connectivity index (χ0n) is 22.4. The summed E-state index contributed by atoms with van der Waals surface area (Å²) in [6.07, 6.45) is 10.3. The Hall–Kier alpha value is -3.29. The van der Waals surface area contributed by atoms with Crippen LogP contribution in [0.15, 0.2) is 65.8 Å². The molecule has 7 heteroatoms. The third-order valence-corrected chi connectivity index (χ3v) is 7.84. The average molecular weight is 515 g/mol. The molecule has 0 unspecified atom stereocenters. The number of aromatic nitrogens is 2. The van der Waals surface area contributed by atoms with E-state index in [1.165, 1.54) is 5.56 Å². The van der Waals surface area contributed by atoms with Gasteiger partial charge in [-0.3, -0.25) is 14.6 Å². The molecule has 1 aromatic carbocycles. The molecular weight excluding hydrogens is 476 g/mol. The lowest BCUT2D eigenvalue weighted by atomic mass is 9.80. The maximum absolute atomic E-state index is 14.1. The molecule has 38 heavy (non-hydrogen) atoms. The molecule has 3 aromatic rings. The molecule has 2 aliphatic rings. The molecule has 200 valence electrons. The summed E-state index contributed by atoms with van der Waals surface area (Å²) in [7, 11) is 3.49. The first-order valence-electron chi connectivity index (χ1n) is 13.7. The van der Waals surface area contributed by atoms with Gasteiger partial charge in [0.15, 0.2) is 0 Å². The number of hydrogen-bond donors (Lipinski definition) is 1. The normalized spacial score (nSPS) is 19.3. The second kappa shape index (κ2) is 12.0. The number of hydrogen-bond acceptors (Lipinski definition) is 5. The van der Waals surface area contributed by atoms with Gasteiger partial charge in [-0.2, -0.15) is 0 Å². The van der Waals surface area contributed by atoms with Gasteiger partial charge in [0.2, 0.25) is 5.91 Å². The molecule has 0 bridgehead atoms. The number of piperidine rings is 1. The highest BCUT2D eigenvalue weighted by Gasteiger charge is 2.40. The number of ether oxygens (including phenoxy) is 1. The summed E-state index contributed by atoms with van der Waals surface area (Å²) in [4.78, 5) is 32.9. The van der Waals surface area contributed by atoms with Gasteiger partial charge in [0.1, 0.15) is 0 Å². The standard InChI is InChI=1S/C31H38N4O3/c1-34-13-10-24(18-30(34)36)28-9-12-33-20-29(28)31(37)35(27-7-8-27)21-23-15-22(5-4-14-38-2)16-26(17-23)25-6-3-11-32-19-25/h3,6,10-11,13,15-19,27-29,33H,4-5,7-9,12,14,20-21H2,1-2H3/t28-,29+/m1/s1. The Bertz CT molecular complexity index is 1300. The van der Waals surface area contributed by atoms with Crippen molar-refractivity contribution in [3.05, 3.63) is 88.1 Å². The van der Waals surface area contributed by atoms with Crippen molar-refractivity contribution in [3.63, 3.8) is 0 Å². The number of methoxy groups -OCH3 is 1. The number of benzene rings is 1. The third-order valence-electron chi connectivity index (χ3n) is 7.84. The van der Waals surface area contributed by atoms with E-state index >= 15 is 0 Å². The molecule has 2 atom stereocenters. The van der Waals surface area contributed by atoms with Crippen LogP contribution in [0.3, 0.4) is 0 Å². The lowest BCUT2D eigenvalue weighted by Crippen LogP contribution is -2.47. The van der Waals surface area contributed by atoms with Gasteiger partial charge in [-0.25, -0.2) is 0 Å². The predicted octanol–water partition coefficient (Wildman–Crippen LogP) is 3.91. The zero-order valence-corrected chi connectivity index (χ0v) is 22.4. The fraction of sp³-hybridized carbons (Fsp3) is 0.452. The molecule has 0 radical (unpaired) electrons. The molecule has 1 saturated heterocycles. The summed E-state index contributed by atoms with van der Waals surface area (Å²) in [6, 6.07) is 14.7. The van der Waals surface area contributed by atoms with Crippen LogP contribution in [0, 0.1) is 5.92 Å². The molecule has 2 fully saturated rings. The van der Waals surface area contributed by atoms with Gasteiger partial charge in [-0.05, 0) is 85.0 Å². The highest BCUT2D eigenvalue weighted by atomic mass is 16.5. The van der Waals surface area contributed by atoms with E-state index in [1.807, 2.05) is 24.5 Å². The number of amides is 1. The van der Waals surface area contributed by atoms with Gasteiger partial charge in [0.05, 0.1) is 5.92 Å². The van der Waals surface area contributed by atoms with Crippen LogP contribution >= 0.6 is 0 Å². The Morgan fingerprint density at radius 2 is 1.97 bits per heavy atom. The number of carbonyl (C=O) groups is 1. The minimum Gasteiger partial charge on any atom is -0.385 e. The van der Waals surface area contributed by atoms with Crippen molar-refractivity contribution in [1.29, 1.82) is 0 Å². The molecule has 2 aromatic heterocycles. The smallest absolute Gasteiger partial charge is 0.250 e. The van der Waals surface area contributed by atoms with Crippen molar-refractivity contribution in [2.75, 3.05) is 26.8 Å².